The van der Waals surface area contributed by atoms with E-state index in [0.29, 0.717) is 11.7 Å². The second-order valence-corrected chi connectivity index (χ2v) is 4.28. The Kier molecular flexibility index (Phi) is 2.49. The summed E-state index contributed by atoms with van der Waals surface area (Å²) in [5.74, 6) is 1.31. The minimum Gasteiger partial charge on any atom is -0.438 e. The monoisotopic (exact) mass is 235 g/mol. The largest absolute Gasteiger partial charge is 0.438 e. The van der Waals surface area contributed by atoms with Crippen molar-refractivity contribution >= 4 is 17.3 Å². The molecule has 0 unspecified atom stereocenters. The van der Waals surface area contributed by atoms with Gasteiger partial charge in [-0.2, -0.15) is 0 Å². The molecule has 0 saturated heterocycles. The van der Waals surface area contributed by atoms with E-state index >= 15 is 0 Å². The minimum absolute atomic E-state index is 0.630. The second-order valence-electron chi connectivity index (χ2n) is 4.28. The molecule has 0 aliphatic carbocycles. The lowest BCUT2D eigenvalue weighted by molar-refractivity contribution is 0.527. The zero-order chi connectivity index (χ0) is 12.5. The topological polar surface area (TPSA) is 21.6 Å². The van der Waals surface area contributed by atoms with Crippen molar-refractivity contribution in [3.63, 3.8) is 0 Å². The quantitative estimate of drug-likeness (QED) is 0.730. The Bertz CT molecular complexity index is 641. The van der Waals surface area contributed by atoms with E-state index in [9.17, 15) is 0 Å². The molecule has 0 amide bonds. The molecule has 1 aliphatic rings. The zero-order valence-electron chi connectivity index (χ0n) is 10.2. The predicted molar refractivity (Wildman–Crippen MR) is 73.9 cm³/mol. The number of aliphatic imine (C=N–C) groups is 1. The van der Waals surface area contributed by atoms with E-state index in [2.05, 4.69) is 24.6 Å². The van der Waals surface area contributed by atoms with Crippen LogP contribution in [0.25, 0.3) is 5.76 Å². The smallest absolute Gasteiger partial charge is 0.227 e. The molecular weight excluding hydrogens is 222 g/mol. The normalized spacial score (nSPS) is 15.6. The molecule has 2 aromatic carbocycles. The summed E-state index contributed by atoms with van der Waals surface area (Å²) in [5.41, 5.74) is 4.13. The second kappa shape index (κ2) is 4.15. The van der Waals surface area contributed by atoms with Gasteiger partial charge < -0.3 is 4.74 Å². The van der Waals surface area contributed by atoms with Crippen LogP contribution in [0.3, 0.4) is 0 Å². The summed E-state index contributed by atoms with van der Waals surface area (Å²) >= 11 is 0. The molecule has 0 N–H and O–H groups in total. The van der Waals surface area contributed by atoms with Gasteiger partial charge in [-0.05, 0) is 30.7 Å². The van der Waals surface area contributed by atoms with Crippen molar-refractivity contribution < 1.29 is 4.74 Å². The molecule has 2 heteroatoms. The summed E-state index contributed by atoms with van der Waals surface area (Å²) in [4.78, 5) is 4.52. The van der Waals surface area contributed by atoms with Crippen molar-refractivity contribution in [2.75, 3.05) is 0 Å². The van der Waals surface area contributed by atoms with Crippen LogP contribution >= 0.6 is 0 Å². The Balaban J connectivity index is 2.12. The Morgan fingerprint density at radius 2 is 1.78 bits per heavy atom. The molecule has 0 bridgehead atoms. The van der Waals surface area contributed by atoms with Gasteiger partial charge in [0, 0.05) is 11.1 Å². The maximum absolute atomic E-state index is 5.67. The van der Waals surface area contributed by atoms with E-state index in [1.807, 2.05) is 42.5 Å². The van der Waals surface area contributed by atoms with Crippen molar-refractivity contribution in [1.29, 1.82) is 0 Å². The minimum atomic E-state index is 0.630. The van der Waals surface area contributed by atoms with Crippen molar-refractivity contribution in [2.45, 2.75) is 6.92 Å². The van der Waals surface area contributed by atoms with Crippen LogP contribution in [-0.2, 0) is 4.74 Å². The molecule has 2 aromatic rings. The first kappa shape index (κ1) is 10.8. The van der Waals surface area contributed by atoms with Gasteiger partial charge >= 0.3 is 0 Å². The van der Waals surface area contributed by atoms with Gasteiger partial charge in [-0.15, -0.1) is 0 Å². The lowest BCUT2D eigenvalue weighted by atomic mass is 10.0. The fourth-order valence-electron chi connectivity index (χ4n) is 2.14. The van der Waals surface area contributed by atoms with Crippen molar-refractivity contribution in [3.05, 3.63) is 71.8 Å². The van der Waals surface area contributed by atoms with Gasteiger partial charge in [-0.1, -0.05) is 36.9 Å². The molecule has 3 rings (SSSR count). The number of ether oxygens (including phenoxy) is 1. The Morgan fingerprint density at radius 3 is 2.56 bits per heavy atom. The van der Waals surface area contributed by atoms with Crippen LogP contribution in [0.5, 0.6) is 0 Å². The molecule has 1 aliphatic heterocycles. The predicted octanol–water partition coefficient (Wildman–Crippen LogP) is 4.07. The number of rotatable bonds is 1. The molecule has 0 radical (unpaired) electrons. The fourth-order valence-corrected chi connectivity index (χ4v) is 2.14. The van der Waals surface area contributed by atoms with E-state index in [0.717, 1.165) is 22.4 Å². The van der Waals surface area contributed by atoms with E-state index in [4.69, 9.17) is 4.74 Å². The molecule has 0 spiro atoms. The fraction of sp³-hybridized carbons (Fsp3) is 0.0625. The van der Waals surface area contributed by atoms with Gasteiger partial charge in [-0.3, -0.25) is 0 Å². The molecule has 0 aromatic heterocycles. The van der Waals surface area contributed by atoms with Crippen molar-refractivity contribution in [2.24, 2.45) is 4.99 Å². The summed E-state index contributed by atoms with van der Waals surface area (Å²) in [7, 11) is 0. The third kappa shape index (κ3) is 1.72. The highest BCUT2D eigenvalue weighted by Gasteiger charge is 2.24. The molecule has 18 heavy (non-hydrogen) atoms. The number of hydrogen-bond acceptors (Lipinski definition) is 2. The third-order valence-electron chi connectivity index (χ3n) is 2.99. The van der Waals surface area contributed by atoms with Gasteiger partial charge in [0.25, 0.3) is 0 Å². The van der Waals surface area contributed by atoms with Crippen LogP contribution in [0.4, 0.5) is 5.69 Å². The molecule has 2 nitrogen and oxygen atoms in total. The first-order valence-electron chi connectivity index (χ1n) is 5.86. The standard InChI is InChI=1S/C16H13NO/c1-11-7-6-10-14-15(11)12(2)18-16(14)17-13-8-4-3-5-9-13/h3-10H,2H2,1H3. The molecule has 88 valence electrons. The first-order chi connectivity index (χ1) is 8.75. The average molecular weight is 235 g/mol. The first-order valence-corrected chi connectivity index (χ1v) is 5.86. The van der Waals surface area contributed by atoms with Gasteiger partial charge in [0.1, 0.15) is 5.76 Å². The van der Waals surface area contributed by atoms with Crippen LogP contribution in [0.2, 0.25) is 0 Å². The number of nitrogens with zero attached hydrogens (tertiary/aromatic N) is 1. The van der Waals surface area contributed by atoms with Gasteiger partial charge in [0.05, 0.1) is 5.69 Å². The summed E-state index contributed by atoms with van der Waals surface area (Å²) in [6.07, 6.45) is 0. The van der Waals surface area contributed by atoms with Crippen LogP contribution in [0.1, 0.15) is 16.7 Å². The van der Waals surface area contributed by atoms with Gasteiger partial charge in [0.2, 0.25) is 5.90 Å². The third-order valence-corrected chi connectivity index (χ3v) is 2.99. The zero-order valence-corrected chi connectivity index (χ0v) is 10.2. The average Bonchev–Trinajstić information content (AvgIpc) is 2.69. The van der Waals surface area contributed by atoms with Gasteiger partial charge in [-0.25, -0.2) is 4.99 Å². The lowest BCUT2D eigenvalue weighted by Gasteiger charge is -1.99. The number of para-hydroxylation sites is 1. The lowest BCUT2D eigenvalue weighted by Crippen LogP contribution is -1.96. The number of aryl methyl sites for hydroxylation is 1. The molecule has 1 heterocycles. The Labute approximate surface area is 106 Å². The van der Waals surface area contributed by atoms with E-state index in [1.54, 1.807) is 0 Å². The molecule has 0 saturated carbocycles. The van der Waals surface area contributed by atoms with Gasteiger partial charge in [0.15, 0.2) is 0 Å². The highest BCUT2D eigenvalue weighted by Crippen LogP contribution is 2.32. The van der Waals surface area contributed by atoms with Crippen molar-refractivity contribution in [3.8, 4) is 0 Å². The Morgan fingerprint density at radius 1 is 1.00 bits per heavy atom. The number of hydrogen-bond donors (Lipinski definition) is 0. The maximum Gasteiger partial charge on any atom is 0.227 e. The van der Waals surface area contributed by atoms with Crippen LogP contribution < -0.4 is 0 Å². The SMILES string of the molecule is C=C1OC(=Nc2ccccc2)c2cccc(C)c21. The number of benzene rings is 2. The molecular formula is C16H13NO. The van der Waals surface area contributed by atoms with Crippen LogP contribution in [0.15, 0.2) is 60.1 Å². The highest BCUT2D eigenvalue weighted by atomic mass is 16.5. The van der Waals surface area contributed by atoms with Crippen LogP contribution in [0, 0.1) is 6.92 Å². The molecule has 0 fully saturated rings. The van der Waals surface area contributed by atoms with E-state index < -0.39 is 0 Å². The summed E-state index contributed by atoms with van der Waals surface area (Å²) in [6, 6.07) is 15.9. The Hall–Kier alpha value is -2.35. The summed E-state index contributed by atoms with van der Waals surface area (Å²) in [6.45, 7) is 6.00. The molecule has 0 atom stereocenters. The van der Waals surface area contributed by atoms with Crippen molar-refractivity contribution in [1.82, 2.24) is 0 Å². The van der Waals surface area contributed by atoms with Crippen LogP contribution in [-0.4, -0.2) is 5.90 Å². The summed E-state index contributed by atoms with van der Waals surface area (Å²) < 4.78 is 5.67. The number of fused-ring (bicyclic) bond motifs is 1. The van der Waals surface area contributed by atoms with E-state index in [-0.39, 0.29) is 0 Å². The summed E-state index contributed by atoms with van der Waals surface area (Å²) in [5, 5.41) is 0. The highest BCUT2D eigenvalue weighted by molar-refractivity contribution is 6.07. The maximum atomic E-state index is 5.67. The van der Waals surface area contributed by atoms with E-state index in [1.165, 1.54) is 0 Å².